The largest absolute Gasteiger partial charge is 0.465 e. The van der Waals surface area contributed by atoms with E-state index in [1.807, 2.05) is 0 Å². The number of nitrogens with one attached hydrogen (secondary N) is 1. The number of benzene rings is 2. The third-order valence-electron chi connectivity index (χ3n) is 6.19. The van der Waals surface area contributed by atoms with Gasteiger partial charge >= 0.3 is 6.09 Å². The van der Waals surface area contributed by atoms with Gasteiger partial charge in [-0.25, -0.2) is 4.79 Å². The van der Waals surface area contributed by atoms with Gasteiger partial charge in [-0.3, -0.25) is 9.80 Å². The van der Waals surface area contributed by atoms with E-state index in [0.717, 1.165) is 39.0 Å². The molecule has 28 heavy (non-hydrogen) atoms. The lowest BCUT2D eigenvalue weighted by molar-refractivity contribution is -0.00175. The van der Waals surface area contributed by atoms with Gasteiger partial charge < -0.3 is 10.4 Å². The number of carboxylic acid groups (broad SMARTS) is 1. The Balaban J connectivity index is 1.35. The van der Waals surface area contributed by atoms with Crippen LogP contribution in [0.25, 0.3) is 0 Å². The molecule has 0 atom stereocenters. The van der Waals surface area contributed by atoms with Crippen molar-refractivity contribution in [2.75, 3.05) is 32.7 Å². The number of nitrogens with zero attached hydrogens (tertiary/aromatic N) is 2. The molecule has 0 aliphatic carbocycles. The maximum Gasteiger partial charge on any atom is 0.404 e. The van der Waals surface area contributed by atoms with Gasteiger partial charge in [0.1, 0.15) is 0 Å². The molecule has 0 bridgehead atoms. The number of hydrogen-bond donors (Lipinski definition) is 2. The van der Waals surface area contributed by atoms with E-state index in [2.05, 4.69) is 75.8 Å². The highest BCUT2D eigenvalue weighted by atomic mass is 16.4. The first-order valence-corrected chi connectivity index (χ1v) is 10.3. The smallest absolute Gasteiger partial charge is 0.404 e. The molecule has 2 aromatic rings. The minimum atomic E-state index is -0.912. The van der Waals surface area contributed by atoms with Crippen LogP contribution in [-0.4, -0.2) is 59.8 Å². The van der Waals surface area contributed by atoms with E-state index in [9.17, 15) is 4.79 Å². The Labute approximate surface area is 167 Å². The Kier molecular flexibility index (Phi) is 5.93. The first kappa shape index (κ1) is 19.0. The molecule has 2 aromatic carbocycles. The van der Waals surface area contributed by atoms with Crippen LogP contribution in [0, 0.1) is 5.92 Å². The molecule has 0 radical (unpaired) electrons. The molecule has 1 amide bonds. The summed E-state index contributed by atoms with van der Waals surface area (Å²) in [6, 6.07) is 22.5. The van der Waals surface area contributed by atoms with Crippen molar-refractivity contribution in [1.82, 2.24) is 15.1 Å². The minimum absolute atomic E-state index is 0.316. The summed E-state index contributed by atoms with van der Waals surface area (Å²) in [6.45, 7) is 4.92. The molecular weight excluding hydrogens is 350 g/mol. The molecule has 2 aliphatic rings. The molecule has 4 rings (SSSR count). The molecule has 0 aromatic heterocycles. The van der Waals surface area contributed by atoms with Crippen LogP contribution in [0.2, 0.25) is 0 Å². The van der Waals surface area contributed by atoms with E-state index < -0.39 is 6.09 Å². The van der Waals surface area contributed by atoms with Crippen molar-refractivity contribution < 1.29 is 9.90 Å². The van der Waals surface area contributed by atoms with Crippen LogP contribution in [-0.2, 0) is 0 Å². The number of likely N-dealkylation sites (tertiary alicyclic amines) is 2. The lowest BCUT2D eigenvalue weighted by Crippen LogP contribution is -2.61. The van der Waals surface area contributed by atoms with Crippen molar-refractivity contribution in [3.05, 3.63) is 71.8 Å². The van der Waals surface area contributed by atoms with Crippen molar-refractivity contribution >= 4 is 6.09 Å². The van der Waals surface area contributed by atoms with Gasteiger partial charge in [-0.2, -0.15) is 0 Å². The van der Waals surface area contributed by atoms with Gasteiger partial charge in [0.15, 0.2) is 0 Å². The summed E-state index contributed by atoms with van der Waals surface area (Å²) < 4.78 is 0. The zero-order valence-electron chi connectivity index (χ0n) is 16.2. The summed E-state index contributed by atoms with van der Waals surface area (Å²) in [6.07, 6.45) is 1.25. The van der Waals surface area contributed by atoms with Crippen LogP contribution in [0.3, 0.4) is 0 Å². The van der Waals surface area contributed by atoms with E-state index >= 15 is 0 Å². The second kappa shape index (κ2) is 8.76. The fourth-order valence-electron chi connectivity index (χ4n) is 4.57. The van der Waals surface area contributed by atoms with Crippen molar-refractivity contribution in [3.63, 3.8) is 0 Å². The van der Waals surface area contributed by atoms with Gasteiger partial charge in [-0.1, -0.05) is 60.7 Å². The molecule has 148 valence electrons. The topological polar surface area (TPSA) is 55.8 Å². The summed E-state index contributed by atoms with van der Waals surface area (Å²) in [5.74, 6) is 0.477. The highest BCUT2D eigenvalue weighted by molar-refractivity contribution is 5.64. The first-order chi connectivity index (χ1) is 13.7. The second-order valence-corrected chi connectivity index (χ2v) is 8.00. The van der Waals surface area contributed by atoms with Crippen LogP contribution in [0.4, 0.5) is 4.79 Å². The SMILES string of the molecule is O=C(O)NCC1CCN(C2CN(C(c3ccccc3)c3ccccc3)C2)CC1. The monoisotopic (exact) mass is 379 g/mol. The predicted octanol–water partition coefficient (Wildman–Crippen LogP) is 3.44. The van der Waals surface area contributed by atoms with E-state index in [0.29, 0.717) is 24.5 Å². The number of hydrogen-bond acceptors (Lipinski definition) is 3. The third kappa shape index (κ3) is 4.37. The van der Waals surface area contributed by atoms with Gasteiger partial charge in [-0.15, -0.1) is 0 Å². The lowest BCUT2D eigenvalue weighted by Gasteiger charge is -2.50. The van der Waals surface area contributed by atoms with Crippen LogP contribution in [0.5, 0.6) is 0 Å². The molecule has 2 aliphatic heterocycles. The highest BCUT2D eigenvalue weighted by Gasteiger charge is 2.38. The molecular formula is C23H29N3O2. The van der Waals surface area contributed by atoms with Gasteiger partial charge in [0.2, 0.25) is 0 Å². The molecule has 2 N–H and O–H groups in total. The van der Waals surface area contributed by atoms with Crippen LogP contribution in [0.15, 0.2) is 60.7 Å². The number of carbonyl (C=O) groups is 1. The van der Waals surface area contributed by atoms with Crippen molar-refractivity contribution in [2.24, 2.45) is 5.92 Å². The molecule has 5 nitrogen and oxygen atoms in total. The van der Waals surface area contributed by atoms with E-state index in [4.69, 9.17) is 5.11 Å². The van der Waals surface area contributed by atoms with Gasteiger partial charge in [0, 0.05) is 25.7 Å². The van der Waals surface area contributed by atoms with Crippen molar-refractivity contribution in [2.45, 2.75) is 24.9 Å². The Morgan fingerprint density at radius 2 is 1.50 bits per heavy atom. The van der Waals surface area contributed by atoms with E-state index in [1.54, 1.807) is 0 Å². The summed E-state index contributed by atoms with van der Waals surface area (Å²) in [5, 5.41) is 11.3. The maximum absolute atomic E-state index is 10.7. The van der Waals surface area contributed by atoms with Crippen LogP contribution in [0.1, 0.15) is 30.0 Å². The third-order valence-corrected chi connectivity index (χ3v) is 6.19. The number of amides is 1. The minimum Gasteiger partial charge on any atom is -0.465 e. The van der Waals surface area contributed by atoms with Gasteiger partial charge in [0.05, 0.1) is 6.04 Å². The number of piperidine rings is 1. The molecule has 2 fully saturated rings. The molecule has 0 unspecified atom stereocenters. The summed E-state index contributed by atoms with van der Waals surface area (Å²) in [5.41, 5.74) is 2.70. The zero-order valence-corrected chi connectivity index (χ0v) is 16.2. The zero-order chi connectivity index (χ0) is 19.3. The van der Waals surface area contributed by atoms with Crippen LogP contribution >= 0.6 is 0 Å². The fourth-order valence-corrected chi connectivity index (χ4v) is 4.57. The highest BCUT2D eigenvalue weighted by Crippen LogP contribution is 2.34. The molecule has 0 spiro atoms. The van der Waals surface area contributed by atoms with Gasteiger partial charge in [0.25, 0.3) is 0 Å². The summed E-state index contributed by atoms with van der Waals surface area (Å²) in [4.78, 5) is 15.9. The second-order valence-electron chi connectivity index (χ2n) is 8.00. The maximum atomic E-state index is 10.7. The first-order valence-electron chi connectivity index (χ1n) is 10.3. The molecule has 0 saturated carbocycles. The lowest BCUT2D eigenvalue weighted by atomic mass is 9.90. The Morgan fingerprint density at radius 1 is 0.964 bits per heavy atom. The molecule has 2 heterocycles. The quantitative estimate of drug-likeness (QED) is 0.807. The fraction of sp³-hybridized carbons (Fsp3) is 0.435. The standard InChI is InChI=1S/C23H29N3O2/c27-23(28)24-15-18-11-13-25(14-12-18)21-16-26(17-21)22(19-7-3-1-4-8-19)20-9-5-2-6-10-20/h1-10,18,21-22,24H,11-17H2,(H,27,28). The Hall–Kier alpha value is -2.37. The average Bonchev–Trinajstić information content (AvgIpc) is 2.70. The summed E-state index contributed by atoms with van der Waals surface area (Å²) in [7, 11) is 0. The average molecular weight is 380 g/mol. The van der Waals surface area contributed by atoms with Crippen LogP contribution < -0.4 is 5.32 Å². The Bertz CT molecular complexity index is 714. The molecule has 2 saturated heterocycles. The number of rotatable bonds is 6. The van der Waals surface area contributed by atoms with Crippen molar-refractivity contribution in [1.29, 1.82) is 0 Å². The molecule has 5 heteroatoms. The normalized spacial score (nSPS) is 19.5. The van der Waals surface area contributed by atoms with Gasteiger partial charge in [-0.05, 0) is 43.0 Å². The predicted molar refractivity (Wildman–Crippen MR) is 110 cm³/mol. The summed E-state index contributed by atoms with van der Waals surface area (Å²) >= 11 is 0. The van der Waals surface area contributed by atoms with E-state index in [-0.39, 0.29) is 0 Å². The van der Waals surface area contributed by atoms with E-state index in [1.165, 1.54) is 11.1 Å². The Morgan fingerprint density at radius 3 is 2.00 bits per heavy atom. The van der Waals surface area contributed by atoms with Crippen molar-refractivity contribution in [3.8, 4) is 0 Å².